The topological polar surface area (TPSA) is 72.9 Å². The van der Waals surface area contributed by atoms with Crippen LogP contribution in [0.3, 0.4) is 0 Å². The molecule has 0 bridgehead atoms. The molecule has 2 heterocycles. The van der Waals surface area contributed by atoms with Crippen LogP contribution in [0.4, 0.5) is 5.69 Å². The van der Waals surface area contributed by atoms with Crippen LogP contribution in [0.5, 0.6) is 11.5 Å². The molecule has 0 fully saturated rings. The monoisotopic (exact) mass is 359 g/mol. The van der Waals surface area contributed by atoms with Gasteiger partial charge >= 0.3 is 0 Å². The summed E-state index contributed by atoms with van der Waals surface area (Å²) in [5.74, 6) is 0.923. The third-order valence-electron chi connectivity index (χ3n) is 4.36. The largest absolute Gasteiger partial charge is 0.486 e. The first kappa shape index (κ1) is 16.0. The lowest BCUT2D eigenvalue weighted by atomic mass is 10.0. The molecule has 0 amide bonds. The maximum Gasteiger partial charge on any atom is 0.264 e. The van der Waals surface area contributed by atoms with E-state index < -0.39 is 10.0 Å². The van der Waals surface area contributed by atoms with Crippen molar-refractivity contribution in [3.05, 3.63) is 47.5 Å². The van der Waals surface area contributed by atoms with Crippen LogP contribution in [0.2, 0.25) is 0 Å². The highest BCUT2D eigenvalue weighted by atomic mass is 32.2. The highest BCUT2D eigenvalue weighted by Crippen LogP contribution is 2.36. The number of rotatable bonds is 2. The number of fused-ring (bicyclic) bond motifs is 2. The lowest BCUT2D eigenvalue weighted by Crippen LogP contribution is -2.37. The lowest BCUT2D eigenvalue weighted by Gasteiger charge is -2.30. The molecule has 2 aromatic carbocycles. The average molecular weight is 359 g/mol. The SMILES string of the molecule is Cc1ccc2c(c1)C(=O)CCN2S(=O)(=O)c1ccc2c(c1)OCCO2. The van der Waals surface area contributed by atoms with Crippen LogP contribution in [-0.4, -0.2) is 34.0 Å². The fourth-order valence-corrected chi connectivity index (χ4v) is 4.61. The maximum atomic E-state index is 13.1. The molecule has 0 N–H and O–H groups in total. The number of carbonyl (C=O) groups excluding carboxylic acids is 1. The second kappa shape index (κ2) is 5.77. The van der Waals surface area contributed by atoms with Crippen LogP contribution in [0.15, 0.2) is 41.3 Å². The van der Waals surface area contributed by atoms with Crippen molar-refractivity contribution in [2.75, 3.05) is 24.1 Å². The van der Waals surface area contributed by atoms with Gasteiger partial charge in [0.1, 0.15) is 13.2 Å². The van der Waals surface area contributed by atoms with E-state index in [0.29, 0.717) is 36.0 Å². The van der Waals surface area contributed by atoms with Crippen molar-refractivity contribution in [2.45, 2.75) is 18.2 Å². The molecule has 0 saturated heterocycles. The molecule has 0 spiro atoms. The van der Waals surface area contributed by atoms with E-state index in [0.717, 1.165) is 5.56 Å². The van der Waals surface area contributed by atoms with E-state index in [1.54, 1.807) is 18.2 Å². The number of aryl methyl sites for hydroxylation is 1. The van der Waals surface area contributed by atoms with Crippen molar-refractivity contribution in [3.8, 4) is 11.5 Å². The van der Waals surface area contributed by atoms with Gasteiger partial charge in [0.05, 0.1) is 10.6 Å². The number of ether oxygens (including phenoxy) is 2. The molecule has 130 valence electrons. The van der Waals surface area contributed by atoms with Gasteiger partial charge in [-0.1, -0.05) is 11.6 Å². The van der Waals surface area contributed by atoms with Crippen LogP contribution in [0.25, 0.3) is 0 Å². The van der Waals surface area contributed by atoms with Crippen molar-refractivity contribution in [1.82, 2.24) is 0 Å². The molecule has 0 aromatic heterocycles. The van der Waals surface area contributed by atoms with Gasteiger partial charge in [0.15, 0.2) is 17.3 Å². The first-order chi connectivity index (χ1) is 12.0. The summed E-state index contributed by atoms with van der Waals surface area (Å²) in [6.07, 6.45) is 0.167. The highest BCUT2D eigenvalue weighted by Gasteiger charge is 2.33. The minimum Gasteiger partial charge on any atom is -0.486 e. The number of carbonyl (C=O) groups is 1. The molecule has 25 heavy (non-hydrogen) atoms. The van der Waals surface area contributed by atoms with Crippen molar-refractivity contribution in [3.63, 3.8) is 0 Å². The number of sulfonamides is 1. The Morgan fingerprint density at radius 2 is 1.76 bits per heavy atom. The molecule has 0 saturated carbocycles. The van der Waals surface area contributed by atoms with Crippen LogP contribution in [0.1, 0.15) is 22.3 Å². The lowest BCUT2D eigenvalue weighted by molar-refractivity contribution is 0.0982. The summed E-state index contributed by atoms with van der Waals surface area (Å²) in [7, 11) is -3.80. The van der Waals surface area contributed by atoms with Gasteiger partial charge in [-0.3, -0.25) is 9.10 Å². The van der Waals surface area contributed by atoms with E-state index in [2.05, 4.69) is 0 Å². The summed E-state index contributed by atoms with van der Waals surface area (Å²) < 4.78 is 38.5. The predicted molar refractivity (Wildman–Crippen MR) is 92.1 cm³/mol. The third kappa shape index (κ3) is 2.64. The van der Waals surface area contributed by atoms with E-state index in [1.807, 2.05) is 13.0 Å². The number of hydrogen-bond donors (Lipinski definition) is 0. The second-order valence-electron chi connectivity index (χ2n) is 6.08. The van der Waals surface area contributed by atoms with Gasteiger partial charge < -0.3 is 9.47 Å². The minimum atomic E-state index is -3.80. The Balaban J connectivity index is 1.79. The summed E-state index contributed by atoms with van der Waals surface area (Å²) >= 11 is 0. The van der Waals surface area contributed by atoms with Crippen LogP contribution in [0, 0.1) is 6.92 Å². The van der Waals surface area contributed by atoms with E-state index >= 15 is 0 Å². The first-order valence-corrected chi connectivity index (χ1v) is 9.47. The Morgan fingerprint density at radius 3 is 2.56 bits per heavy atom. The van der Waals surface area contributed by atoms with E-state index in [1.165, 1.54) is 16.4 Å². The van der Waals surface area contributed by atoms with Gasteiger partial charge in [-0.2, -0.15) is 0 Å². The summed E-state index contributed by atoms with van der Waals surface area (Å²) in [6, 6.07) is 9.83. The summed E-state index contributed by atoms with van der Waals surface area (Å²) in [4.78, 5) is 12.3. The van der Waals surface area contributed by atoms with Crippen LogP contribution in [-0.2, 0) is 10.0 Å². The highest BCUT2D eigenvalue weighted by molar-refractivity contribution is 7.92. The zero-order valence-electron chi connectivity index (χ0n) is 13.7. The quantitative estimate of drug-likeness (QED) is 0.824. The molecule has 0 aliphatic carbocycles. The molecular formula is C18H17NO5S. The Morgan fingerprint density at radius 1 is 1.00 bits per heavy atom. The van der Waals surface area contributed by atoms with Gasteiger partial charge in [0.25, 0.3) is 10.0 Å². The number of ketones is 1. The maximum absolute atomic E-state index is 13.1. The van der Waals surface area contributed by atoms with Crippen molar-refractivity contribution >= 4 is 21.5 Å². The van der Waals surface area contributed by atoms with Gasteiger partial charge in [0.2, 0.25) is 0 Å². The van der Waals surface area contributed by atoms with Crippen LogP contribution < -0.4 is 13.8 Å². The molecule has 2 aliphatic heterocycles. The Labute approximate surface area is 146 Å². The minimum absolute atomic E-state index is 0.0349. The number of benzene rings is 2. The number of hydrogen-bond acceptors (Lipinski definition) is 5. The number of anilines is 1. The van der Waals surface area contributed by atoms with Crippen molar-refractivity contribution < 1.29 is 22.7 Å². The van der Waals surface area contributed by atoms with Gasteiger partial charge in [-0.15, -0.1) is 0 Å². The van der Waals surface area contributed by atoms with Crippen molar-refractivity contribution in [1.29, 1.82) is 0 Å². The summed E-state index contributed by atoms with van der Waals surface area (Å²) in [6.45, 7) is 2.84. The zero-order chi connectivity index (χ0) is 17.6. The van der Waals surface area contributed by atoms with Gasteiger partial charge in [-0.05, 0) is 31.2 Å². The molecule has 2 aromatic rings. The Hall–Kier alpha value is -2.54. The standard InChI is InChI=1S/C18H17NO5S/c1-12-2-4-15-14(10-12)16(20)6-7-19(15)25(21,22)13-3-5-17-18(11-13)24-9-8-23-17/h2-5,10-11H,6-9H2,1H3. The van der Waals surface area contributed by atoms with Gasteiger partial charge in [0, 0.05) is 24.6 Å². The van der Waals surface area contributed by atoms with Gasteiger partial charge in [-0.25, -0.2) is 8.42 Å². The molecule has 6 nitrogen and oxygen atoms in total. The van der Waals surface area contributed by atoms with Crippen LogP contribution >= 0.6 is 0 Å². The molecule has 4 rings (SSSR count). The predicted octanol–water partition coefficient (Wildman–Crippen LogP) is 2.55. The molecular weight excluding hydrogens is 342 g/mol. The molecule has 0 radical (unpaired) electrons. The Bertz CT molecular complexity index is 967. The van der Waals surface area contributed by atoms with E-state index in [-0.39, 0.29) is 23.6 Å². The smallest absolute Gasteiger partial charge is 0.264 e. The van der Waals surface area contributed by atoms with E-state index in [9.17, 15) is 13.2 Å². The van der Waals surface area contributed by atoms with E-state index in [4.69, 9.17) is 9.47 Å². The summed E-state index contributed by atoms with van der Waals surface area (Å²) in [5.41, 5.74) is 1.80. The van der Waals surface area contributed by atoms with Crippen molar-refractivity contribution in [2.24, 2.45) is 0 Å². The first-order valence-electron chi connectivity index (χ1n) is 8.03. The number of Topliss-reactive ketones (excluding diaryl/α,β-unsaturated/α-hetero) is 1. The fourth-order valence-electron chi connectivity index (χ4n) is 3.11. The number of nitrogens with zero attached hydrogens (tertiary/aromatic N) is 1. The normalized spacial score (nSPS) is 16.5. The summed E-state index contributed by atoms with van der Waals surface area (Å²) in [5, 5.41) is 0. The third-order valence-corrected chi connectivity index (χ3v) is 6.17. The molecule has 0 atom stereocenters. The Kier molecular flexibility index (Phi) is 3.68. The average Bonchev–Trinajstić information content (AvgIpc) is 2.62. The molecule has 2 aliphatic rings. The second-order valence-corrected chi connectivity index (χ2v) is 7.94. The zero-order valence-corrected chi connectivity index (χ0v) is 14.5. The molecule has 0 unspecified atom stereocenters. The fraction of sp³-hybridized carbons (Fsp3) is 0.278. The molecule has 7 heteroatoms.